The van der Waals surface area contributed by atoms with Crippen LogP contribution in [0.1, 0.15) is 30.9 Å². The van der Waals surface area contributed by atoms with E-state index < -0.39 is 29.2 Å². The van der Waals surface area contributed by atoms with Gasteiger partial charge in [-0.3, -0.25) is 4.79 Å². The van der Waals surface area contributed by atoms with Gasteiger partial charge in [-0.2, -0.15) is 0 Å². The molecule has 1 aliphatic rings. The molecule has 3 atom stereocenters. The van der Waals surface area contributed by atoms with Crippen LogP contribution >= 0.6 is 0 Å². The number of aliphatic hydroxyl groups excluding tert-OH is 1. The first kappa shape index (κ1) is 13.0. The first-order chi connectivity index (χ1) is 8.41. The van der Waals surface area contributed by atoms with Crippen LogP contribution in [0.2, 0.25) is 0 Å². The average Bonchev–Trinajstić information content (AvgIpc) is 2.61. The number of hydrogen-bond acceptors (Lipinski definition) is 2. The molecular formula is C14H17FO3. The molecule has 1 saturated carbocycles. The second kappa shape index (κ2) is 4.35. The van der Waals surface area contributed by atoms with E-state index in [1.165, 1.54) is 12.1 Å². The molecule has 0 saturated heterocycles. The van der Waals surface area contributed by atoms with Gasteiger partial charge in [0, 0.05) is 5.92 Å². The van der Waals surface area contributed by atoms with Crippen LogP contribution in [0.5, 0.6) is 0 Å². The van der Waals surface area contributed by atoms with E-state index in [-0.39, 0.29) is 0 Å². The highest BCUT2D eigenvalue weighted by molar-refractivity contribution is 5.83. The fourth-order valence-corrected chi connectivity index (χ4v) is 3.07. The molecule has 1 aliphatic carbocycles. The molecule has 0 aliphatic heterocycles. The number of aliphatic carboxylic acids is 1. The zero-order valence-electron chi connectivity index (χ0n) is 10.5. The van der Waals surface area contributed by atoms with Gasteiger partial charge in [-0.15, -0.1) is 0 Å². The fourth-order valence-electron chi connectivity index (χ4n) is 3.07. The van der Waals surface area contributed by atoms with Crippen LogP contribution in [0.15, 0.2) is 18.2 Å². The number of rotatable bonds is 2. The molecule has 0 amide bonds. The summed E-state index contributed by atoms with van der Waals surface area (Å²) >= 11 is 0. The molecule has 0 bridgehead atoms. The Hall–Kier alpha value is -1.42. The van der Waals surface area contributed by atoms with E-state index in [0.29, 0.717) is 24.0 Å². The Morgan fingerprint density at radius 2 is 2.17 bits per heavy atom. The largest absolute Gasteiger partial charge is 0.481 e. The molecule has 0 heterocycles. The number of carboxylic acid groups (broad SMARTS) is 1. The minimum Gasteiger partial charge on any atom is -0.481 e. The van der Waals surface area contributed by atoms with Crippen molar-refractivity contribution in [3.63, 3.8) is 0 Å². The molecule has 0 aromatic heterocycles. The third-order valence-corrected chi connectivity index (χ3v) is 4.32. The van der Waals surface area contributed by atoms with Crippen molar-refractivity contribution in [1.29, 1.82) is 0 Å². The lowest BCUT2D eigenvalue weighted by Crippen LogP contribution is -2.41. The molecule has 1 fully saturated rings. The molecule has 0 radical (unpaired) electrons. The first-order valence-corrected chi connectivity index (χ1v) is 6.08. The van der Waals surface area contributed by atoms with Crippen molar-refractivity contribution in [1.82, 2.24) is 0 Å². The number of halogens is 1. The summed E-state index contributed by atoms with van der Waals surface area (Å²) in [6.07, 6.45) is 0.127. The summed E-state index contributed by atoms with van der Waals surface area (Å²) in [6, 6.07) is 4.51. The van der Waals surface area contributed by atoms with E-state index in [1.54, 1.807) is 19.9 Å². The molecule has 1 unspecified atom stereocenters. The van der Waals surface area contributed by atoms with Crippen molar-refractivity contribution < 1.29 is 19.4 Å². The zero-order chi connectivity index (χ0) is 13.5. The van der Waals surface area contributed by atoms with Crippen LogP contribution in [-0.2, 0) is 10.2 Å². The third-order valence-electron chi connectivity index (χ3n) is 4.32. The second-order valence-corrected chi connectivity index (χ2v) is 5.08. The predicted molar refractivity (Wildman–Crippen MR) is 64.9 cm³/mol. The maximum atomic E-state index is 13.6. The Morgan fingerprint density at radius 3 is 2.67 bits per heavy atom. The lowest BCUT2D eigenvalue weighted by Gasteiger charge is -2.32. The van der Waals surface area contributed by atoms with E-state index in [0.717, 1.165) is 0 Å². The van der Waals surface area contributed by atoms with Gasteiger partial charge in [0.15, 0.2) is 0 Å². The maximum absolute atomic E-state index is 13.6. The molecule has 2 rings (SSSR count). The maximum Gasteiger partial charge on any atom is 0.314 e. The fraction of sp³-hybridized carbons (Fsp3) is 0.500. The Balaban J connectivity index is 2.63. The highest BCUT2D eigenvalue weighted by Gasteiger charge is 2.53. The SMILES string of the molecule is Cc1c(F)cccc1[C@]1(C(=O)O)CC[C@@H](O)C1C. The summed E-state index contributed by atoms with van der Waals surface area (Å²) in [5.74, 6) is -1.81. The Kier molecular flexibility index (Phi) is 3.15. The molecule has 3 nitrogen and oxygen atoms in total. The van der Waals surface area contributed by atoms with Gasteiger partial charge < -0.3 is 10.2 Å². The van der Waals surface area contributed by atoms with Gasteiger partial charge in [0.25, 0.3) is 0 Å². The highest BCUT2D eigenvalue weighted by Crippen LogP contribution is 2.47. The molecule has 4 heteroatoms. The number of carboxylic acids is 1. The van der Waals surface area contributed by atoms with Crippen molar-refractivity contribution in [3.05, 3.63) is 35.1 Å². The van der Waals surface area contributed by atoms with Crippen LogP contribution in [0.25, 0.3) is 0 Å². The Bertz CT molecular complexity index is 486. The molecule has 1 aromatic carbocycles. The van der Waals surface area contributed by atoms with E-state index in [2.05, 4.69) is 0 Å². The lowest BCUT2D eigenvalue weighted by molar-refractivity contribution is -0.146. The molecule has 18 heavy (non-hydrogen) atoms. The van der Waals surface area contributed by atoms with Gasteiger partial charge in [0.05, 0.1) is 11.5 Å². The second-order valence-electron chi connectivity index (χ2n) is 5.08. The zero-order valence-corrected chi connectivity index (χ0v) is 10.5. The van der Waals surface area contributed by atoms with Crippen LogP contribution in [0, 0.1) is 18.7 Å². The third kappa shape index (κ3) is 1.63. The van der Waals surface area contributed by atoms with Crippen LogP contribution in [0.4, 0.5) is 4.39 Å². The molecule has 1 aromatic rings. The van der Waals surface area contributed by atoms with Crippen molar-refractivity contribution >= 4 is 5.97 Å². The van der Waals surface area contributed by atoms with Crippen molar-refractivity contribution in [2.75, 3.05) is 0 Å². The summed E-state index contributed by atoms with van der Waals surface area (Å²) in [5.41, 5.74) is -0.328. The molecular weight excluding hydrogens is 235 g/mol. The Morgan fingerprint density at radius 1 is 1.50 bits per heavy atom. The monoisotopic (exact) mass is 252 g/mol. The minimum atomic E-state index is -1.18. The highest BCUT2D eigenvalue weighted by atomic mass is 19.1. The smallest absolute Gasteiger partial charge is 0.314 e. The average molecular weight is 252 g/mol. The van der Waals surface area contributed by atoms with Gasteiger partial charge in [-0.25, -0.2) is 4.39 Å². The van der Waals surface area contributed by atoms with Crippen LogP contribution in [0.3, 0.4) is 0 Å². The van der Waals surface area contributed by atoms with Gasteiger partial charge in [0.1, 0.15) is 5.82 Å². The normalized spacial score (nSPS) is 31.6. The summed E-state index contributed by atoms with van der Waals surface area (Å²) in [5, 5.41) is 19.4. The summed E-state index contributed by atoms with van der Waals surface area (Å²) in [4.78, 5) is 11.7. The molecule has 2 N–H and O–H groups in total. The van der Waals surface area contributed by atoms with E-state index >= 15 is 0 Å². The van der Waals surface area contributed by atoms with E-state index in [1.807, 2.05) is 0 Å². The van der Waals surface area contributed by atoms with Gasteiger partial charge in [-0.05, 0) is 37.0 Å². The summed E-state index contributed by atoms with van der Waals surface area (Å²) in [6.45, 7) is 3.31. The van der Waals surface area contributed by atoms with Crippen LogP contribution < -0.4 is 0 Å². The Labute approximate surface area is 105 Å². The quantitative estimate of drug-likeness (QED) is 0.848. The number of benzene rings is 1. The predicted octanol–water partition coefficient (Wildman–Crippen LogP) is 2.25. The minimum absolute atomic E-state index is 0.342. The van der Waals surface area contributed by atoms with Gasteiger partial charge in [0.2, 0.25) is 0 Å². The van der Waals surface area contributed by atoms with Gasteiger partial charge in [-0.1, -0.05) is 19.1 Å². The summed E-state index contributed by atoms with van der Waals surface area (Å²) < 4.78 is 13.6. The number of aliphatic hydroxyl groups is 1. The van der Waals surface area contributed by atoms with Crippen molar-refractivity contribution in [2.45, 2.75) is 38.2 Å². The number of carbonyl (C=O) groups is 1. The van der Waals surface area contributed by atoms with E-state index in [9.17, 15) is 19.4 Å². The van der Waals surface area contributed by atoms with Crippen molar-refractivity contribution in [3.8, 4) is 0 Å². The lowest BCUT2D eigenvalue weighted by atomic mass is 9.71. The number of hydrogen-bond donors (Lipinski definition) is 2. The standard InChI is InChI=1S/C14H17FO3/c1-8-10(4-3-5-11(8)15)14(13(17)18)7-6-12(16)9(14)2/h3-5,9,12,16H,6-7H2,1-2H3,(H,17,18)/t9?,12-,14+/m1/s1. The van der Waals surface area contributed by atoms with Crippen LogP contribution in [-0.4, -0.2) is 22.3 Å². The van der Waals surface area contributed by atoms with Crippen molar-refractivity contribution in [2.24, 2.45) is 5.92 Å². The first-order valence-electron chi connectivity index (χ1n) is 6.08. The topological polar surface area (TPSA) is 57.5 Å². The molecule has 98 valence electrons. The molecule has 0 spiro atoms. The van der Waals surface area contributed by atoms with E-state index in [4.69, 9.17) is 0 Å². The summed E-state index contributed by atoms with van der Waals surface area (Å²) in [7, 11) is 0. The van der Waals surface area contributed by atoms with Gasteiger partial charge >= 0.3 is 5.97 Å².